The maximum absolute atomic E-state index is 12.0. The number of nitrogens with zero attached hydrogens (tertiary/aromatic N) is 2. The first-order chi connectivity index (χ1) is 12.0. The number of aliphatic imine (C=N–C) groups is 1. The summed E-state index contributed by atoms with van der Waals surface area (Å²) in [6.07, 6.45) is 0. The first kappa shape index (κ1) is 22.2. The molecule has 0 saturated heterocycles. The van der Waals surface area contributed by atoms with E-state index in [1.165, 1.54) is 12.1 Å². The first-order valence-electron chi connectivity index (χ1n) is 8.02. The van der Waals surface area contributed by atoms with E-state index in [-0.39, 0.29) is 42.2 Å². The number of carbonyl (C=O) groups excluding carboxylic acids is 1. The summed E-state index contributed by atoms with van der Waals surface area (Å²) in [5, 5.41) is 19.3. The molecule has 0 aliphatic rings. The molecular formula is C17H24IN5O2S. The lowest BCUT2D eigenvalue weighted by Crippen LogP contribution is -2.37. The van der Waals surface area contributed by atoms with Crippen LogP contribution in [0.2, 0.25) is 0 Å². The number of aromatic hydroxyl groups is 1. The standard InChI is InChI=1S/C17H23N5O2S.HI/c1-4-18-17(19-9-15-11(2)21-12(3)25-15)20-10-16(24)22-13-5-7-14(23)8-6-13;/h5-8,23H,4,9-10H2,1-3H3,(H,22,24)(H2,18,19,20);1H. The van der Waals surface area contributed by atoms with Crippen molar-refractivity contribution in [1.82, 2.24) is 15.6 Å². The second kappa shape index (κ2) is 11.0. The number of hydrogen-bond acceptors (Lipinski definition) is 5. The van der Waals surface area contributed by atoms with Crippen LogP contribution in [0.15, 0.2) is 29.3 Å². The summed E-state index contributed by atoms with van der Waals surface area (Å²) >= 11 is 1.65. The van der Waals surface area contributed by atoms with Gasteiger partial charge in [0.15, 0.2) is 5.96 Å². The third-order valence-corrected chi connectivity index (χ3v) is 4.36. The molecule has 0 radical (unpaired) electrons. The van der Waals surface area contributed by atoms with Crippen LogP contribution in [0.1, 0.15) is 22.5 Å². The number of aromatic nitrogens is 1. The Labute approximate surface area is 174 Å². The van der Waals surface area contributed by atoms with Gasteiger partial charge in [0.05, 0.1) is 17.2 Å². The van der Waals surface area contributed by atoms with E-state index in [4.69, 9.17) is 0 Å². The highest BCUT2D eigenvalue weighted by molar-refractivity contribution is 14.0. The van der Waals surface area contributed by atoms with E-state index in [9.17, 15) is 9.90 Å². The van der Waals surface area contributed by atoms with Crippen LogP contribution in [-0.2, 0) is 11.3 Å². The molecule has 1 aromatic carbocycles. The van der Waals surface area contributed by atoms with Gasteiger partial charge in [0, 0.05) is 17.1 Å². The van der Waals surface area contributed by atoms with Crippen LogP contribution in [0.4, 0.5) is 5.69 Å². The smallest absolute Gasteiger partial charge is 0.246 e. The molecular weight excluding hydrogens is 465 g/mol. The fourth-order valence-electron chi connectivity index (χ4n) is 2.14. The average molecular weight is 489 g/mol. The van der Waals surface area contributed by atoms with E-state index in [1.54, 1.807) is 23.5 Å². The van der Waals surface area contributed by atoms with E-state index >= 15 is 0 Å². The molecule has 1 heterocycles. The van der Waals surface area contributed by atoms with Gasteiger partial charge in [-0.15, -0.1) is 35.3 Å². The van der Waals surface area contributed by atoms with Crippen molar-refractivity contribution >= 4 is 52.9 Å². The third-order valence-electron chi connectivity index (χ3n) is 3.29. The van der Waals surface area contributed by atoms with Crippen molar-refractivity contribution < 1.29 is 9.90 Å². The lowest BCUT2D eigenvalue weighted by Gasteiger charge is -2.11. The van der Waals surface area contributed by atoms with Crippen LogP contribution in [0.5, 0.6) is 5.75 Å². The minimum atomic E-state index is -0.229. The number of phenols is 1. The predicted molar refractivity (Wildman–Crippen MR) is 117 cm³/mol. The molecule has 0 aliphatic heterocycles. The normalized spacial score (nSPS) is 10.8. The van der Waals surface area contributed by atoms with Gasteiger partial charge >= 0.3 is 0 Å². The molecule has 2 rings (SSSR count). The zero-order valence-electron chi connectivity index (χ0n) is 15.0. The number of halogens is 1. The summed E-state index contributed by atoms with van der Waals surface area (Å²) in [6, 6.07) is 6.30. The molecule has 1 aromatic heterocycles. The Morgan fingerprint density at radius 1 is 1.23 bits per heavy atom. The Morgan fingerprint density at radius 2 is 1.92 bits per heavy atom. The fraction of sp³-hybridized carbons (Fsp3) is 0.353. The molecule has 4 N–H and O–H groups in total. The molecule has 0 unspecified atom stereocenters. The quantitative estimate of drug-likeness (QED) is 0.217. The Bertz CT molecular complexity index is 746. The lowest BCUT2D eigenvalue weighted by atomic mass is 10.3. The van der Waals surface area contributed by atoms with Crippen molar-refractivity contribution in [1.29, 1.82) is 0 Å². The van der Waals surface area contributed by atoms with Crippen LogP contribution < -0.4 is 16.0 Å². The van der Waals surface area contributed by atoms with Gasteiger partial charge in [-0.05, 0) is 45.0 Å². The van der Waals surface area contributed by atoms with Gasteiger partial charge in [0.1, 0.15) is 12.3 Å². The van der Waals surface area contributed by atoms with Crippen LogP contribution in [-0.4, -0.2) is 35.0 Å². The summed E-state index contributed by atoms with van der Waals surface area (Å²) in [7, 11) is 0. The highest BCUT2D eigenvalue weighted by Gasteiger charge is 2.07. The summed E-state index contributed by atoms with van der Waals surface area (Å²) in [5.74, 6) is 0.504. The monoisotopic (exact) mass is 489 g/mol. The minimum absolute atomic E-state index is 0. The fourth-order valence-corrected chi connectivity index (χ4v) is 3.02. The second-order valence-corrected chi connectivity index (χ2v) is 6.67. The number of nitrogens with one attached hydrogen (secondary N) is 3. The number of phenolic OH excluding ortho intramolecular Hbond substituents is 1. The van der Waals surface area contributed by atoms with Gasteiger partial charge in [0.2, 0.25) is 5.91 Å². The number of amides is 1. The maximum Gasteiger partial charge on any atom is 0.246 e. The van der Waals surface area contributed by atoms with Gasteiger partial charge in [0.25, 0.3) is 0 Å². The number of thiazole rings is 1. The van der Waals surface area contributed by atoms with Gasteiger partial charge in [-0.25, -0.2) is 9.98 Å². The number of hydrogen-bond donors (Lipinski definition) is 4. The van der Waals surface area contributed by atoms with Crippen molar-refractivity contribution in [3.63, 3.8) is 0 Å². The van der Waals surface area contributed by atoms with Crippen molar-refractivity contribution in [2.75, 3.05) is 18.4 Å². The first-order valence-corrected chi connectivity index (χ1v) is 8.83. The zero-order valence-corrected chi connectivity index (χ0v) is 18.1. The van der Waals surface area contributed by atoms with Gasteiger partial charge in [-0.2, -0.15) is 0 Å². The van der Waals surface area contributed by atoms with Crippen molar-refractivity contribution in [3.05, 3.63) is 39.8 Å². The molecule has 0 fully saturated rings. The molecule has 9 heteroatoms. The molecule has 1 amide bonds. The Morgan fingerprint density at radius 3 is 2.50 bits per heavy atom. The highest BCUT2D eigenvalue weighted by Crippen LogP contribution is 2.16. The van der Waals surface area contributed by atoms with Crippen LogP contribution in [0.25, 0.3) is 0 Å². The van der Waals surface area contributed by atoms with E-state index in [1.807, 2.05) is 20.8 Å². The largest absolute Gasteiger partial charge is 0.508 e. The van der Waals surface area contributed by atoms with Gasteiger partial charge in [-0.3, -0.25) is 4.79 Å². The van der Waals surface area contributed by atoms with Gasteiger partial charge in [-0.1, -0.05) is 0 Å². The lowest BCUT2D eigenvalue weighted by molar-refractivity contribution is -0.114. The van der Waals surface area contributed by atoms with Crippen LogP contribution in [0.3, 0.4) is 0 Å². The predicted octanol–water partition coefficient (Wildman–Crippen LogP) is 2.78. The number of carbonyl (C=O) groups is 1. The molecule has 0 spiro atoms. The highest BCUT2D eigenvalue weighted by atomic mass is 127. The van der Waals surface area contributed by atoms with Crippen molar-refractivity contribution in [2.45, 2.75) is 27.3 Å². The number of rotatable bonds is 6. The average Bonchev–Trinajstić information content (AvgIpc) is 2.90. The molecule has 2 aromatic rings. The third kappa shape index (κ3) is 7.16. The molecule has 0 aliphatic carbocycles. The summed E-state index contributed by atoms with van der Waals surface area (Å²) in [4.78, 5) is 21.8. The number of benzene rings is 1. The molecule has 0 saturated carbocycles. The minimum Gasteiger partial charge on any atom is -0.508 e. The van der Waals surface area contributed by atoms with E-state index in [2.05, 4.69) is 25.9 Å². The molecule has 7 nitrogen and oxygen atoms in total. The molecule has 26 heavy (non-hydrogen) atoms. The SMILES string of the molecule is CCNC(=NCC(=O)Nc1ccc(O)cc1)NCc1sc(C)nc1C.I. The number of anilines is 1. The van der Waals surface area contributed by atoms with Crippen LogP contribution >= 0.6 is 35.3 Å². The summed E-state index contributed by atoms with van der Waals surface area (Å²) in [5.41, 5.74) is 1.63. The Balaban J connectivity index is 0.00000338. The zero-order chi connectivity index (χ0) is 18.2. The van der Waals surface area contributed by atoms with Crippen molar-refractivity contribution in [2.24, 2.45) is 4.99 Å². The summed E-state index contributed by atoms with van der Waals surface area (Å²) in [6.45, 7) is 7.24. The van der Waals surface area contributed by atoms with Crippen molar-refractivity contribution in [3.8, 4) is 5.75 Å². The number of aryl methyl sites for hydroxylation is 2. The molecule has 142 valence electrons. The topological polar surface area (TPSA) is 98.6 Å². The number of guanidine groups is 1. The van der Waals surface area contributed by atoms with Crippen LogP contribution in [0, 0.1) is 13.8 Å². The van der Waals surface area contributed by atoms with Gasteiger partial charge < -0.3 is 21.1 Å². The molecule has 0 atom stereocenters. The second-order valence-electron chi connectivity index (χ2n) is 5.39. The molecule has 0 bridgehead atoms. The maximum atomic E-state index is 12.0. The summed E-state index contributed by atoms with van der Waals surface area (Å²) < 4.78 is 0. The van der Waals surface area contributed by atoms with E-state index in [0.29, 0.717) is 24.7 Å². The van der Waals surface area contributed by atoms with E-state index < -0.39 is 0 Å². The Hall–Kier alpha value is -1.88. The van der Waals surface area contributed by atoms with E-state index in [0.717, 1.165) is 15.6 Å². The Kier molecular flexibility index (Phi) is 9.35.